The maximum absolute atomic E-state index is 11.8. The molecule has 1 N–H and O–H groups in total. The minimum atomic E-state index is -0.00571. The van der Waals surface area contributed by atoms with Crippen molar-refractivity contribution in [3.63, 3.8) is 0 Å². The van der Waals surface area contributed by atoms with Gasteiger partial charge in [-0.25, -0.2) is 0 Å². The van der Waals surface area contributed by atoms with E-state index in [-0.39, 0.29) is 11.8 Å². The van der Waals surface area contributed by atoms with Crippen LogP contribution in [0.15, 0.2) is 30.3 Å². The van der Waals surface area contributed by atoms with Crippen molar-refractivity contribution >= 4 is 11.8 Å². The summed E-state index contributed by atoms with van der Waals surface area (Å²) in [5.74, 6) is 0.584. The summed E-state index contributed by atoms with van der Waals surface area (Å²) in [6, 6.07) is 9.82. The van der Waals surface area contributed by atoms with E-state index in [4.69, 9.17) is 0 Å². The van der Waals surface area contributed by atoms with Gasteiger partial charge in [0.25, 0.3) is 0 Å². The number of amides is 2. The van der Waals surface area contributed by atoms with Crippen LogP contribution < -0.4 is 5.32 Å². The summed E-state index contributed by atoms with van der Waals surface area (Å²) < 4.78 is 0. The molecule has 2 amide bonds. The molecule has 4 nitrogen and oxygen atoms in total. The van der Waals surface area contributed by atoms with Gasteiger partial charge >= 0.3 is 0 Å². The first kappa shape index (κ1) is 17.2. The molecule has 116 valence electrons. The van der Waals surface area contributed by atoms with Crippen molar-refractivity contribution in [3.8, 4) is 0 Å². The van der Waals surface area contributed by atoms with Gasteiger partial charge in [0, 0.05) is 33.0 Å². The minimum absolute atomic E-state index is 0.00571. The number of benzene rings is 1. The molecule has 1 aromatic rings. The lowest BCUT2D eigenvalue weighted by Gasteiger charge is -2.21. The monoisotopic (exact) mass is 290 g/mol. The second kappa shape index (κ2) is 9.16. The molecule has 1 aromatic carbocycles. The van der Waals surface area contributed by atoms with Gasteiger partial charge in [-0.15, -0.1) is 0 Å². The van der Waals surface area contributed by atoms with Gasteiger partial charge in [-0.2, -0.15) is 0 Å². The molecule has 0 spiro atoms. The summed E-state index contributed by atoms with van der Waals surface area (Å²) in [5, 5.41) is 2.90. The van der Waals surface area contributed by atoms with Crippen molar-refractivity contribution in [2.24, 2.45) is 5.92 Å². The van der Waals surface area contributed by atoms with Gasteiger partial charge in [0.1, 0.15) is 0 Å². The molecule has 21 heavy (non-hydrogen) atoms. The first-order valence-electron chi connectivity index (χ1n) is 7.55. The Balaban J connectivity index is 2.38. The van der Waals surface area contributed by atoms with Crippen molar-refractivity contribution in [3.05, 3.63) is 35.9 Å². The van der Waals surface area contributed by atoms with E-state index in [0.29, 0.717) is 32.0 Å². The maximum Gasteiger partial charge on any atom is 0.221 e. The van der Waals surface area contributed by atoms with Crippen molar-refractivity contribution in [1.29, 1.82) is 0 Å². The van der Waals surface area contributed by atoms with Crippen molar-refractivity contribution < 1.29 is 9.59 Å². The largest absolute Gasteiger partial charge is 0.356 e. The Bertz CT molecular complexity index is 443. The van der Waals surface area contributed by atoms with E-state index < -0.39 is 0 Å². The Morgan fingerprint density at radius 2 is 1.86 bits per heavy atom. The molecule has 0 radical (unpaired) electrons. The fourth-order valence-corrected chi connectivity index (χ4v) is 1.98. The number of rotatable bonds is 8. The average Bonchev–Trinajstić information content (AvgIpc) is 2.43. The highest BCUT2D eigenvalue weighted by molar-refractivity contribution is 5.77. The zero-order chi connectivity index (χ0) is 15.7. The lowest BCUT2D eigenvalue weighted by Crippen LogP contribution is -2.34. The standard InChI is InChI=1S/C17H26N2O2/c1-14(2)9-11-18-17(21)10-12-19(15(3)20)13-16-7-5-4-6-8-16/h4-8,14H,9-13H2,1-3H3,(H,18,21). The number of nitrogens with zero attached hydrogens (tertiary/aromatic N) is 1. The lowest BCUT2D eigenvalue weighted by molar-refractivity contribution is -0.130. The molecule has 0 atom stereocenters. The molecule has 0 unspecified atom stereocenters. The van der Waals surface area contributed by atoms with Crippen LogP contribution >= 0.6 is 0 Å². The molecule has 0 aliphatic carbocycles. The third-order valence-corrected chi connectivity index (χ3v) is 3.31. The van der Waals surface area contributed by atoms with Crippen LogP contribution in [0.5, 0.6) is 0 Å². The van der Waals surface area contributed by atoms with Crippen LogP contribution in [-0.2, 0) is 16.1 Å². The van der Waals surface area contributed by atoms with E-state index in [9.17, 15) is 9.59 Å². The van der Waals surface area contributed by atoms with Gasteiger partial charge < -0.3 is 10.2 Å². The minimum Gasteiger partial charge on any atom is -0.356 e. The third kappa shape index (κ3) is 7.49. The summed E-state index contributed by atoms with van der Waals surface area (Å²) >= 11 is 0. The van der Waals surface area contributed by atoms with E-state index in [1.54, 1.807) is 11.8 Å². The summed E-state index contributed by atoms with van der Waals surface area (Å²) in [6.07, 6.45) is 1.33. The second-order valence-corrected chi connectivity index (χ2v) is 5.71. The van der Waals surface area contributed by atoms with Crippen LogP contribution in [0.3, 0.4) is 0 Å². The molecule has 4 heteroatoms. The van der Waals surface area contributed by atoms with Crippen LogP contribution in [0.1, 0.15) is 39.2 Å². The van der Waals surface area contributed by atoms with E-state index in [2.05, 4.69) is 19.2 Å². The summed E-state index contributed by atoms with van der Waals surface area (Å²) in [5.41, 5.74) is 1.08. The molecule has 0 fully saturated rings. The predicted octanol–water partition coefficient (Wildman–Crippen LogP) is 2.59. The summed E-state index contributed by atoms with van der Waals surface area (Å²) in [7, 11) is 0. The van der Waals surface area contributed by atoms with Crippen LogP contribution in [0, 0.1) is 5.92 Å². The Labute approximate surface area is 127 Å². The molecule has 0 saturated carbocycles. The smallest absolute Gasteiger partial charge is 0.221 e. The highest BCUT2D eigenvalue weighted by atomic mass is 16.2. The number of hydrogen-bond donors (Lipinski definition) is 1. The summed E-state index contributed by atoms with van der Waals surface area (Å²) in [6.45, 7) is 7.51. The van der Waals surface area contributed by atoms with Gasteiger partial charge in [-0.05, 0) is 17.9 Å². The van der Waals surface area contributed by atoms with Crippen LogP contribution in [-0.4, -0.2) is 29.8 Å². The fraction of sp³-hybridized carbons (Fsp3) is 0.529. The number of hydrogen-bond acceptors (Lipinski definition) is 2. The first-order chi connectivity index (χ1) is 9.99. The van der Waals surface area contributed by atoms with Gasteiger partial charge in [0.2, 0.25) is 11.8 Å². The van der Waals surface area contributed by atoms with Gasteiger partial charge in [-0.3, -0.25) is 9.59 Å². The Hall–Kier alpha value is -1.84. The quantitative estimate of drug-likeness (QED) is 0.800. The zero-order valence-electron chi connectivity index (χ0n) is 13.3. The molecule has 0 aromatic heterocycles. The normalized spacial score (nSPS) is 10.5. The topological polar surface area (TPSA) is 49.4 Å². The van der Waals surface area contributed by atoms with E-state index in [0.717, 1.165) is 12.0 Å². The third-order valence-electron chi connectivity index (χ3n) is 3.31. The lowest BCUT2D eigenvalue weighted by atomic mass is 10.1. The number of carbonyl (C=O) groups is 2. The maximum atomic E-state index is 11.8. The Morgan fingerprint density at radius 1 is 1.19 bits per heavy atom. The van der Waals surface area contributed by atoms with Crippen LogP contribution in [0.25, 0.3) is 0 Å². The Morgan fingerprint density at radius 3 is 2.43 bits per heavy atom. The SMILES string of the molecule is CC(=O)N(CCC(=O)NCCC(C)C)Cc1ccccc1. The number of nitrogens with one attached hydrogen (secondary N) is 1. The average molecular weight is 290 g/mol. The molecular formula is C17H26N2O2. The molecule has 0 heterocycles. The molecule has 0 aliphatic rings. The van der Waals surface area contributed by atoms with Gasteiger partial charge in [0.15, 0.2) is 0 Å². The van der Waals surface area contributed by atoms with Gasteiger partial charge in [0.05, 0.1) is 0 Å². The molecular weight excluding hydrogens is 264 g/mol. The van der Waals surface area contributed by atoms with Crippen molar-refractivity contribution in [1.82, 2.24) is 10.2 Å². The van der Waals surface area contributed by atoms with Gasteiger partial charge in [-0.1, -0.05) is 44.2 Å². The van der Waals surface area contributed by atoms with Crippen LogP contribution in [0.4, 0.5) is 0 Å². The first-order valence-corrected chi connectivity index (χ1v) is 7.55. The second-order valence-electron chi connectivity index (χ2n) is 5.71. The molecule has 0 saturated heterocycles. The molecule has 0 aliphatic heterocycles. The van der Waals surface area contributed by atoms with Crippen molar-refractivity contribution in [2.45, 2.75) is 40.2 Å². The number of carbonyl (C=O) groups excluding carboxylic acids is 2. The highest BCUT2D eigenvalue weighted by Gasteiger charge is 2.11. The zero-order valence-corrected chi connectivity index (χ0v) is 13.3. The Kier molecular flexibility index (Phi) is 7.51. The fourth-order valence-electron chi connectivity index (χ4n) is 1.98. The van der Waals surface area contributed by atoms with Crippen molar-refractivity contribution in [2.75, 3.05) is 13.1 Å². The summed E-state index contributed by atoms with van der Waals surface area (Å²) in [4.78, 5) is 25.1. The van der Waals surface area contributed by atoms with E-state index in [1.165, 1.54) is 0 Å². The van der Waals surface area contributed by atoms with E-state index in [1.807, 2.05) is 30.3 Å². The van der Waals surface area contributed by atoms with Crippen LogP contribution in [0.2, 0.25) is 0 Å². The predicted molar refractivity (Wildman–Crippen MR) is 84.6 cm³/mol. The highest BCUT2D eigenvalue weighted by Crippen LogP contribution is 2.05. The molecule has 0 bridgehead atoms. The molecule has 1 rings (SSSR count). The van der Waals surface area contributed by atoms with E-state index >= 15 is 0 Å².